The third kappa shape index (κ3) is 6.68. The Bertz CT molecular complexity index is 998. The fraction of sp³-hybridized carbons (Fsp3) is 0.500. The molecule has 2 aliphatic rings. The molecule has 0 amide bonds. The van der Waals surface area contributed by atoms with Gasteiger partial charge in [0.15, 0.2) is 17.5 Å². The van der Waals surface area contributed by atoms with E-state index in [0.717, 1.165) is 47.4 Å². The van der Waals surface area contributed by atoms with Gasteiger partial charge in [0.05, 0.1) is 0 Å². The van der Waals surface area contributed by atoms with Crippen LogP contribution in [0, 0.1) is 41.1 Å². The van der Waals surface area contributed by atoms with Gasteiger partial charge in [-0.1, -0.05) is 68.3 Å². The predicted molar refractivity (Wildman–Crippen MR) is 140 cm³/mol. The summed E-state index contributed by atoms with van der Waals surface area (Å²) in [7, 11) is 0. The van der Waals surface area contributed by atoms with E-state index < -0.39 is 17.5 Å². The van der Waals surface area contributed by atoms with Gasteiger partial charge in [0.1, 0.15) is 0 Å². The number of allylic oxidation sites excluding steroid dienone is 2. The Kier molecular flexibility index (Phi) is 8.92. The molecule has 2 aromatic rings. The van der Waals surface area contributed by atoms with Crippen LogP contribution in [0.5, 0.6) is 0 Å². The highest BCUT2D eigenvalue weighted by Crippen LogP contribution is 2.43. The molecule has 3 heteroatoms. The summed E-state index contributed by atoms with van der Waals surface area (Å²) in [6.45, 7) is 6.37. The number of halogens is 3. The number of rotatable bonds is 8. The Hall–Kier alpha value is -2.29. The first-order chi connectivity index (χ1) is 16.9. The molecule has 0 unspecified atom stereocenters. The summed E-state index contributed by atoms with van der Waals surface area (Å²) in [5.41, 5.74) is 3.39. The minimum Gasteiger partial charge on any atom is -0.204 e. The van der Waals surface area contributed by atoms with E-state index in [1.807, 2.05) is 24.3 Å². The SMILES string of the molecule is C=C(CC)CCC1CCC(C2CCC(/C=C/c3ccccc3-c3cc(F)c(F)c(F)c3)CC2)CC1. The molecule has 2 aromatic carbocycles. The Morgan fingerprint density at radius 1 is 0.886 bits per heavy atom. The monoisotopic (exact) mass is 480 g/mol. The highest BCUT2D eigenvalue weighted by molar-refractivity contribution is 5.75. The van der Waals surface area contributed by atoms with E-state index in [2.05, 4.69) is 25.7 Å². The van der Waals surface area contributed by atoms with E-state index in [4.69, 9.17) is 0 Å². The molecule has 0 N–H and O–H groups in total. The Labute approximate surface area is 209 Å². The van der Waals surface area contributed by atoms with E-state index in [-0.39, 0.29) is 0 Å². The molecular formula is C32H39F3. The maximum Gasteiger partial charge on any atom is 0.194 e. The minimum atomic E-state index is -1.42. The van der Waals surface area contributed by atoms with Gasteiger partial charge in [-0.2, -0.15) is 0 Å². The van der Waals surface area contributed by atoms with Crippen molar-refractivity contribution < 1.29 is 13.2 Å². The van der Waals surface area contributed by atoms with Crippen molar-refractivity contribution in [1.29, 1.82) is 0 Å². The lowest BCUT2D eigenvalue weighted by Gasteiger charge is -2.37. The van der Waals surface area contributed by atoms with Crippen LogP contribution >= 0.6 is 0 Å². The van der Waals surface area contributed by atoms with Crippen LogP contribution in [0.1, 0.15) is 83.1 Å². The van der Waals surface area contributed by atoms with Gasteiger partial charge in [-0.15, -0.1) is 0 Å². The fourth-order valence-electron chi connectivity index (χ4n) is 6.20. The van der Waals surface area contributed by atoms with Crippen LogP contribution < -0.4 is 0 Å². The van der Waals surface area contributed by atoms with Crippen LogP contribution in [0.15, 0.2) is 54.6 Å². The fourth-order valence-corrected chi connectivity index (χ4v) is 6.20. The van der Waals surface area contributed by atoms with Crippen molar-refractivity contribution in [1.82, 2.24) is 0 Å². The number of benzene rings is 2. The van der Waals surface area contributed by atoms with Crippen LogP contribution in [0.25, 0.3) is 17.2 Å². The molecule has 0 spiro atoms. The van der Waals surface area contributed by atoms with Gasteiger partial charge in [0, 0.05) is 0 Å². The molecular weight excluding hydrogens is 441 g/mol. The van der Waals surface area contributed by atoms with Crippen molar-refractivity contribution in [2.24, 2.45) is 23.7 Å². The summed E-state index contributed by atoms with van der Waals surface area (Å²) in [5.74, 6) is -0.530. The van der Waals surface area contributed by atoms with Gasteiger partial charge in [-0.25, -0.2) is 13.2 Å². The Balaban J connectivity index is 1.30. The quantitative estimate of drug-likeness (QED) is 0.260. The van der Waals surface area contributed by atoms with Crippen LogP contribution in [0.2, 0.25) is 0 Å². The number of hydrogen-bond donors (Lipinski definition) is 0. The molecule has 0 atom stereocenters. The van der Waals surface area contributed by atoms with E-state index >= 15 is 0 Å². The first-order valence-electron chi connectivity index (χ1n) is 13.5. The highest BCUT2D eigenvalue weighted by Gasteiger charge is 2.30. The molecule has 0 saturated heterocycles. The van der Waals surface area contributed by atoms with Gasteiger partial charge in [-0.3, -0.25) is 0 Å². The summed E-state index contributed by atoms with van der Waals surface area (Å²) < 4.78 is 41.0. The molecule has 2 fully saturated rings. The van der Waals surface area contributed by atoms with Crippen molar-refractivity contribution in [3.63, 3.8) is 0 Å². The summed E-state index contributed by atoms with van der Waals surface area (Å²) >= 11 is 0. The molecule has 35 heavy (non-hydrogen) atoms. The van der Waals surface area contributed by atoms with Crippen LogP contribution in [-0.2, 0) is 0 Å². The van der Waals surface area contributed by atoms with Crippen LogP contribution in [-0.4, -0.2) is 0 Å². The lowest BCUT2D eigenvalue weighted by molar-refractivity contribution is 0.153. The topological polar surface area (TPSA) is 0 Å². The van der Waals surface area contributed by atoms with E-state index in [1.165, 1.54) is 69.8 Å². The van der Waals surface area contributed by atoms with Crippen molar-refractivity contribution in [3.8, 4) is 11.1 Å². The molecule has 4 rings (SSSR count). The molecule has 0 nitrogen and oxygen atoms in total. The van der Waals surface area contributed by atoms with Crippen molar-refractivity contribution in [3.05, 3.63) is 77.6 Å². The Morgan fingerprint density at radius 3 is 2.11 bits per heavy atom. The molecule has 0 bridgehead atoms. The smallest absolute Gasteiger partial charge is 0.194 e. The molecule has 0 aliphatic heterocycles. The summed E-state index contributed by atoms with van der Waals surface area (Å²) in [5, 5.41) is 0. The first-order valence-corrected chi connectivity index (χ1v) is 13.5. The second-order valence-electron chi connectivity index (χ2n) is 10.8. The summed E-state index contributed by atoms with van der Waals surface area (Å²) in [6, 6.07) is 9.69. The Morgan fingerprint density at radius 2 is 1.49 bits per heavy atom. The van der Waals surface area contributed by atoms with Crippen molar-refractivity contribution >= 4 is 6.08 Å². The largest absolute Gasteiger partial charge is 0.204 e. The first kappa shape index (κ1) is 25.8. The van der Waals surface area contributed by atoms with Gasteiger partial charge in [-0.05, 0) is 110 Å². The van der Waals surface area contributed by atoms with Crippen molar-refractivity contribution in [2.45, 2.75) is 77.6 Å². The molecule has 2 saturated carbocycles. The summed E-state index contributed by atoms with van der Waals surface area (Å²) in [6.07, 6.45) is 18.6. The third-order valence-corrected chi connectivity index (χ3v) is 8.58. The zero-order valence-electron chi connectivity index (χ0n) is 21.0. The molecule has 0 heterocycles. The normalized spacial score (nSPS) is 25.1. The van der Waals surface area contributed by atoms with Gasteiger partial charge < -0.3 is 0 Å². The molecule has 2 aliphatic carbocycles. The predicted octanol–water partition coefficient (Wildman–Crippen LogP) is 10.1. The third-order valence-electron chi connectivity index (χ3n) is 8.58. The lowest BCUT2D eigenvalue weighted by atomic mass is 9.68. The zero-order chi connectivity index (χ0) is 24.8. The zero-order valence-corrected chi connectivity index (χ0v) is 21.0. The second kappa shape index (κ2) is 12.1. The standard InChI is InChI=1S/C32H39F3/c1-3-22(2)8-9-23-10-15-25(16-11-23)26-17-12-24(13-18-26)14-19-27-6-4-5-7-29(27)28-20-30(33)32(35)31(34)21-28/h4-7,14,19-21,23-26H,2-3,8-13,15-18H2,1H3/b19-14+. The lowest BCUT2D eigenvalue weighted by Crippen LogP contribution is -2.25. The van der Waals surface area contributed by atoms with Crippen LogP contribution in [0.4, 0.5) is 13.2 Å². The van der Waals surface area contributed by atoms with Gasteiger partial charge in [0.2, 0.25) is 0 Å². The van der Waals surface area contributed by atoms with Crippen molar-refractivity contribution in [2.75, 3.05) is 0 Å². The molecule has 188 valence electrons. The molecule has 0 radical (unpaired) electrons. The minimum absolute atomic E-state index is 0.361. The summed E-state index contributed by atoms with van der Waals surface area (Å²) in [4.78, 5) is 0. The molecule has 0 aromatic heterocycles. The van der Waals surface area contributed by atoms with E-state index in [0.29, 0.717) is 11.5 Å². The second-order valence-corrected chi connectivity index (χ2v) is 10.8. The van der Waals surface area contributed by atoms with Gasteiger partial charge in [0.25, 0.3) is 0 Å². The average molecular weight is 481 g/mol. The maximum atomic E-state index is 13.8. The average Bonchev–Trinajstić information content (AvgIpc) is 2.89. The number of hydrogen-bond acceptors (Lipinski definition) is 0. The maximum absolute atomic E-state index is 13.8. The highest BCUT2D eigenvalue weighted by atomic mass is 19.2. The van der Waals surface area contributed by atoms with Crippen LogP contribution in [0.3, 0.4) is 0 Å². The van der Waals surface area contributed by atoms with E-state index in [1.54, 1.807) is 0 Å². The van der Waals surface area contributed by atoms with Gasteiger partial charge >= 0.3 is 0 Å². The van der Waals surface area contributed by atoms with E-state index in [9.17, 15) is 13.2 Å².